The van der Waals surface area contributed by atoms with Crippen LogP contribution in [0.15, 0.2) is 12.2 Å². The molecule has 1 aliphatic heterocycles. The van der Waals surface area contributed by atoms with E-state index < -0.39 is 0 Å². The fourth-order valence-corrected chi connectivity index (χ4v) is 1.12. The molecule has 1 atom stereocenters. The summed E-state index contributed by atoms with van der Waals surface area (Å²) in [6.45, 7) is 6.73. The summed E-state index contributed by atoms with van der Waals surface area (Å²) in [4.78, 5) is 10.6. The van der Waals surface area contributed by atoms with Crippen LogP contribution in [0.25, 0.3) is 0 Å². The number of ketones is 1. The molecule has 1 saturated heterocycles. The Kier molecular flexibility index (Phi) is 2.22. The van der Waals surface area contributed by atoms with E-state index in [1.54, 1.807) is 6.92 Å². The summed E-state index contributed by atoms with van der Waals surface area (Å²) in [7, 11) is 0. The molecule has 1 unspecified atom stereocenters. The maximum atomic E-state index is 10.6. The van der Waals surface area contributed by atoms with Crippen molar-refractivity contribution in [2.45, 2.75) is 13.3 Å². The summed E-state index contributed by atoms with van der Waals surface area (Å²) in [5.74, 6) is 0.508. The maximum absolute atomic E-state index is 10.6. The molecule has 1 rings (SSSR count). The first kappa shape index (κ1) is 7.48. The third kappa shape index (κ3) is 1.67. The van der Waals surface area contributed by atoms with E-state index in [2.05, 4.69) is 6.58 Å². The van der Waals surface area contributed by atoms with E-state index in [-0.39, 0.29) is 11.7 Å². The zero-order valence-corrected chi connectivity index (χ0v) is 6.22. The smallest absolute Gasteiger partial charge is 0.130 e. The summed E-state index contributed by atoms with van der Waals surface area (Å²) in [6, 6.07) is 0. The van der Waals surface area contributed by atoms with Crippen LogP contribution in [0.4, 0.5) is 0 Å². The largest absolute Gasteiger partial charge is 0.376 e. The molecule has 0 bridgehead atoms. The van der Waals surface area contributed by atoms with Crippen LogP contribution >= 0.6 is 0 Å². The van der Waals surface area contributed by atoms with Crippen molar-refractivity contribution in [1.82, 2.24) is 0 Å². The monoisotopic (exact) mass is 140 g/mol. The average Bonchev–Trinajstić information content (AvgIpc) is 2.15. The Labute approximate surface area is 60.9 Å². The minimum atomic E-state index is 0.219. The van der Waals surface area contributed by atoms with Crippen molar-refractivity contribution in [3.05, 3.63) is 12.2 Å². The Morgan fingerprint density at radius 3 is 3.00 bits per heavy atom. The lowest BCUT2D eigenvalue weighted by Crippen LogP contribution is -2.06. The molecule has 0 radical (unpaired) electrons. The lowest BCUT2D eigenvalue weighted by Gasteiger charge is -2.03. The van der Waals surface area contributed by atoms with E-state index in [1.165, 1.54) is 0 Å². The standard InChI is InChI=1S/C8H12O2/c1-6-4-10-5-8(6)3-7(2)9/h8H,1,3-5H2,2H3. The molecular formula is C8H12O2. The minimum absolute atomic E-state index is 0.219. The van der Waals surface area contributed by atoms with Crippen molar-refractivity contribution in [3.8, 4) is 0 Å². The van der Waals surface area contributed by atoms with Crippen LogP contribution in [0.3, 0.4) is 0 Å². The fourth-order valence-electron chi connectivity index (χ4n) is 1.12. The Morgan fingerprint density at radius 2 is 2.60 bits per heavy atom. The van der Waals surface area contributed by atoms with Gasteiger partial charge in [0.25, 0.3) is 0 Å². The molecule has 0 aromatic rings. The quantitative estimate of drug-likeness (QED) is 0.538. The van der Waals surface area contributed by atoms with E-state index in [0.29, 0.717) is 19.6 Å². The van der Waals surface area contributed by atoms with Crippen LogP contribution in [0.1, 0.15) is 13.3 Å². The molecule has 0 aromatic heterocycles. The molecule has 1 aliphatic rings. The summed E-state index contributed by atoms with van der Waals surface area (Å²) in [5.41, 5.74) is 1.07. The van der Waals surface area contributed by atoms with Gasteiger partial charge in [0.05, 0.1) is 13.2 Å². The van der Waals surface area contributed by atoms with Crippen molar-refractivity contribution in [1.29, 1.82) is 0 Å². The van der Waals surface area contributed by atoms with Gasteiger partial charge in [0.1, 0.15) is 5.78 Å². The Morgan fingerprint density at radius 1 is 1.90 bits per heavy atom. The van der Waals surface area contributed by atoms with Gasteiger partial charge in [0.15, 0.2) is 0 Å². The van der Waals surface area contributed by atoms with E-state index in [4.69, 9.17) is 4.74 Å². The van der Waals surface area contributed by atoms with Crippen molar-refractivity contribution < 1.29 is 9.53 Å². The van der Waals surface area contributed by atoms with Gasteiger partial charge >= 0.3 is 0 Å². The average molecular weight is 140 g/mol. The number of carbonyl (C=O) groups is 1. The molecule has 56 valence electrons. The zero-order chi connectivity index (χ0) is 7.56. The van der Waals surface area contributed by atoms with Crippen molar-refractivity contribution in [3.63, 3.8) is 0 Å². The van der Waals surface area contributed by atoms with E-state index >= 15 is 0 Å². The second-order valence-electron chi connectivity index (χ2n) is 2.78. The highest BCUT2D eigenvalue weighted by Gasteiger charge is 2.20. The van der Waals surface area contributed by atoms with Gasteiger partial charge in [-0.15, -0.1) is 0 Å². The third-order valence-corrected chi connectivity index (χ3v) is 1.72. The molecular weight excluding hydrogens is 128 g/mol. The normalized spacial score (nSPS) is 25.3. The van der Waals surface area contributed by atoms with E-state index in [0.717, 1.165) is 5.57 Å². The highest BCUT2D eigenvalue weighted by atomic mass is 16.5. The summed E-state index contributed by atoms with van der Waals surface area (Å²) in [5, 5.41) is 0. The van der Waals surface area contributed by atoms with Gasteiger partial charge in [0, 0.05) is 12.3 Å². The van der Waals surface area contributed by atoms with Crippen LogP contribution in [0.2, 0.25) is 0 Å². The molecule has 1 heterocycles. The first-order valence-corrected chi connectivity index (χ1v) is 3.45. The second kappa shape index (κ2) is 2.97. The van der Waals surface area contributed by atoms with Crippen molar-refractivity contribution in [2.75, 3.05) is 13.2 Å². The molecule has 0 saturated carbocycles. The lowest BCUT2D eigenvalue weighted by molar-refractivity contribution is -0.117. The molecule has 0 spiro atoms. The van der Waals surface area contributed by atoms with Gasteiger partial charge in [-0.25, -0.2) is 0 Å². The maximum Gasteiger partial charge on any atom is 0.130 e. The first-order chi connectivity index (χ1) is 4.70. The number of Topliss-reactive ketones (excluding diaryl/α,β-unsaturated/α-hetero) is 1. The van der Waals surface area contributed by atoms with Crippen LogP contribution in [0.5, 0.6) is 0 Å². The minimum Gasteiger partial charge on any atom is -0.376 e. The predicted molar refractivity (Wildman–Crippen MR) is 38.7 cm³/mol. The molecule has 2 heteroatoms. The highest BCUT2D eigenvalue weighted by molar-refractivity contribution is 5.76. The summed E-state index contributed by atoms with van der Waals surface area (Å²) in [6.07, 6.45) is 0.596. The van der Waals surface area contributed by atoms with E-state index in [1.807, 2.05) is 0 Å². The van der Waals surface area contributed by atoms with Crippen LogP contribution < -0.4 is 0 Å². The van der Waals surface area contributed by atoms with Gasteiger partial charge in [0.2, 0.25) is 0 Å². The first-order valence-electron chi connectivity index (χ1n) is 3.45. The highest BCUT2D eigenvalue weighted by Crippen LogP contribution is 2.20. The topological polar surface area (TPSA) is 26.3 Å². The SMILES string of the molecule is C=C1COCC1CC(C)=O. The third-order valence-electron chi connectivity index (χ3n) is 1.72. The van der Waals surface area contributed by atoms with E-state index in [9.17, 15) is 4.79 Å². The van der Waals surface area contributed by atoms with Crippen molar-refractivity contribution in [2.24, 2.45) is 5.92 Å². The molecule has 2 nitrogen and oxygen atoms in total. The Bertz CT molecular complexity index is 161. The predicted octanol–water partition coefficient (Wildman–Crippen LogP) is 1.17. The molecule has 1 fully saturated rings. The molecule has 0 aliphatic carbocycles. The Balaban J connectivity index is 2.40. The van der Waals surface area contributed by atoms with Crippen LogP contribution in [-0.4, -0.2) is 19.0 Å². The number of carbonyl (C=O) groups excluding carboxylic acids is 1. The molecule has 0 N–H and O–H groups in total. The van der Waals surface area contributed by atoms with Gasteiger partial charge in [-0.1, -0.05) is 6.58 Å². The van der Waals surface area contributed by atoms with Gasteiger partial charge < -0.3 is 9.53 Å². The van der Waals surface area contributed by atoms with Crippen LogP contribution in [0, 0.1) is 5.92 Å². The summed E-state index contributed by atoms with van der Waals surface area (Å²) >= 11 is 0. The molecule has 0 aromatic carbocycles. The lowest BCUT2D eigenvalue weighted by atomic mass is 9.99. The van der Waals surface area contributed by atoms with Gasteiger partial charge in [-0.2, -0.15) is 0 Å². The van der Waals surface area contributed by atoms with Crippen LogP contribution in [-0.2, 0) is 9.53 Å². The number of ether oxygens (including phenoxy) is 1. The van der Waals surface area contributed by atoms with Crippen molar-refractivity contribution >= 4 is 5.78 Å². The number of hydrogen-bond acceptors (Lipinski definition) is 2. The zero-order valence-electron chi connectivity index (χ0n) is 6.22. The molecule has 10 heavy (non-hydrogen) atoms. The number of hydrogen-bond donors (Lipinski definition) is 0. The summed E-state index contributed by atoms with van der Waals surface area (Å²) < 4.78 is 5.12. The fraction of sp³-hybridized carbons (Fsp3) is 0.625. The molecule has 0 amide bonds. The van der Waals surface area contributed by atoms with Gasteiger partial charge in [-0.3, -0.25) is 0 Å². The number of rotatable bonds is 2. The van der Waals surface area contributed by atoms with Gasteiger partial charge in [-0.05, 0) is 12.5 Å². The second-order valence-corrected chi connectivity index (χ2v) is 2.78. The Hall–Kier alpha value is -0.630.